The Hall–Kier alpha value is -4.60. The van der Waals surface area contributed by atoms with Crippen LogP contribution >= 0.6 is 0 Å². The molecule has 3 aromatic carbocycles. The number of carbonyl (C=O) groups excluding carboxylic acids is 1. The smallest absolute Gasteiger partial charge is 0.415 e. The molecule has 1 unspecified atom stereocenters. The number of hydrogen-bond acceptors (Lipinski definition) is 8. The molecule has 0 aliphatic carbocycles. The van der Waals surface area contributed by atoms with Crippen LogP contribution in [-0.2, 0) is 17.8 Å². The summed E-state index contributed by atoms with van der Waals surface area (Å²) in [5.41, 5.74) is 10.5. The van der Waals surface area contributed by atoms with Crippen LogP contribution in [0.4, 0.5) is 4.79 Å². The summed E-state index contributed by atoms with van der Waals surface area (Å²) in [4.78, 5) is 18.0. The molecule has 11 nitrogen and oxygen atoms in total. The van der Waals surface area contributed by atoms with Gasteiger partial charge in [-0.05, 0) is 66.5 Å². The van der Waals surface area contributed by atoms with Crippen molar-refractivity contribution in [3.05, 3.63) is 88.3 Å². The fraction of sp³-hybridized carbons (Fsp3) is 0.486. The van der Waals surface area contributed by atoms with E-state index in [2.05, 4.69) is 30.8 Å². The van der Waals surface area contributed by atoms with Gasteiger partial charge in [-0.3, -0.25) is 0 Å². The second-order valence-electron chi connectivity index (χ2n) is 12.6. The highest BCUT2D eigenvalue weighted by molar-refractivity contribution is 5.71. The third-order valence-corrected chi connectivity index (χ3v) is 8.11. The number of amides is 1. The number of hydrogen-bond donors (Lipinski definition) is 0. The Labute approximate surface area is 283 Å². The number of likely N-dealkylation sites (tertiary alicyclic amines) is 1. The molecule has 48 heavy (non-hydrogen) atoms. The number of carbonyl (C=O) groups is 1. The predicted octanol–water partition coefficient (Wildman–Crippen LogP) is 8.39. The average molecular weight is 661 g/mol. The molecular weight excluding hydrogens is 612 g/mol. The summed E-state index contributed by atoms with van der Waals surface area (Å²) in [6.45, 7) is 9.33. The Morgan fingerprint density at radius 2 is 1.58 bits per heavy atom. The first-order valence-corrected chi connectivity index (χ1v) is 16.6. The van der Waals surface area contributed by atoms with E-state index in [1.807, 2.05) is 53.4 Å². The minimum Gasteiger partial charge on any atom is -0.496 e. The normalized spacial score (nSPS) is 14.5. The molecule has 0 radical (unpaired) electrons. The summed E-state index contributed by atoms with van der Waals surface area (Å²) < 4.78 is 35.4. The van der Waals surface area contributed by atoms with Gasteiger partial charge in [0, 0.05) is 42.1 Å². The Balaban J connectivity index is 1.37. The molecule has 1 amide bonds. The molecule has 1 fully saturated rings. The second-order valence-corrected chi connectivity index (χ2v) is 12.6. The lowest BCUT2D eigenvalue weighted by molar-refractivity contribution is 0.0637. The predicted molar refractivity (Wildman–Crippen MR) is 184 cm³/mol. The molecule has 4 rings (SSSR count). The molecule has 258 valence electrons. The van der Waals surface area contributed by atoms with Crippen LogP contribution in [0.5, 0.6) is 28.7 Å². The molecule has 1 aliphatic heterocycles. The number of benzene rings is 3. The van der Waals surface area contributed by atoms with Gasteiger partial charge in [-0.1, -0.05) is 62.3 Å². The Morgan fingerprint density at radius 3 is 2.33 bits per heavy atom. The van der Waals surface area contributed by atoms with Gasteiger partial charge in [0.25, 0.3) is 0 Å². The Bertz CT molecular complexity index is 1500. The largest absolute Gasteiger partial charge is 0.496 e. The van der Waals surface area contributed by atoms with E-state index < -0.39 is 0 Å². The monoisotopic (exact) mass is 660 g/mol. The van der Waals surface area contributed by atoms with E-state index >= 15 is 0 Å². The van der Waals surface area contributed by atoms with Crippen LogP contribution in [0.1, 0.15) is 57.6 Å². The fourth-order valence-electron chi connectivity index (χ4n) is 5.71. The molecule has 0 saturated carbocycles. The van der Waals surface area contributed by atoms with Crippen LogP contribution in [0.2, 0.25) is 0 Å². The van der Waals surface area contributed by atoms with Gasteiger partial charge < -0.3 is 33.3 Å². The summed E-state index contributed by atoms with van der Waals surface area (Å²) >= 11 is 0. The van der Waals surface area contributed by atoms with E-state index in [4.69, 9.17) is 34.0 Å². The van der Waals surface area contributed by atoms with Crippen LogP contribution in [0.15, 0.2) is 71.8 Å². The van der Waals surface area contributed by atoms with Gasteiger partial charge in [-0.25, -0.2) is 4.79 Å². The number of piperidine rings is 1. The quantitative estimate of drug-likeness (QED) is 0.0616. The van der Waals surface area contributed by atoms with Crippen molar-refractivity contribution in [2.24, 2.45) is 10.5 Å². The molecule has 11 heteroatoms. The molecule has 1 atom stereocenters. The van der Waals surface area contributed by atoms with E-state index in [9.17, 15) is 4.79 Å². The van der Waals surface area contributed by atoms with Gasteiger partial charge in [0.1, 0.15) is 30.5 Å². The Morgan fingerprint density at radius 1 is 0.875 bits per heavy atom. The standard InChI is InChI=1S/C37H48N4O7/c1-37(2,3)35-16-9-10-21-41(35)36(42)48-30-17-18-33(45-23-11-22-44-27-29-13-6-7-14-31(29)43-4)34(26-30)47-25-24-46-32-15-8-5-12-28(32)19-20-39-40-38/h5-8,12-15,17-18,26,35H,9-11,16,19-25,27H2,1-4H3. The molecule has 3 aromatic rings. The summed E-state index contributed by atoms with van der Waals surface area (Å²) in [5, 5.41) is 3.62. The van der Waals surface area contributed by atoms with Crippen molar-refractivity contribution >= 4 is 6.09 Å². The first kappa shape index (κ1) is 36.2. The van der Waals surface area contributed by atoms with E-state index in [0.717, 1.165) is 36.1 Å². The average Bonchev–Trinajstić information content (AvgIpc) is 3.09. The molecule has 0 spiro atoms. The minimum absolute atomic E-state index is 0.0517. The van der Waals surface area contributed by atoms with Crippen molar-refractivity contribution in [3.8, 4) is 28.7 Å². The highest BCUT2D eigenvalue weighted by Gasteiger charge is 2.36. The van der Waals surface area contributed by atoms with Crippen molar-refractivity contribution in [1.29, 1.82) is 0 Å². The second kappa shape index (κ2) is 18.7. The van der Waals surface area contributed by atoms with Crippen molar-refractivity contribution < 1.29 is 33.2 Å². The molecule has 0 bridgehead atoms. The maximum atomic E-state index is 13.3. The van der Waals surface area contributed by atoms with Crippen molar-refractivity contribution in [2.75, 3.05) is 46.6 Å². The van der Waals surface area contributed by atoms with Crippen LogP contribution < -0.4 is 23.7 Å². The molecule has 0 aromatic heterocycles. The van der Waals surface area contributed by atoms with Gasteiger partial charge in [0.2, 0.25) is 0 Å². The summed E-state index contributed by atoms with van der Waals surface area (Å²) in [6, 6.07) is 20.7. The molecular formula is C37H48N4O7. The maximum absolute atomic E-state index is 13.3. The van der Waals surface area contributed by atoms with E-state index in [1.165, 1.54) is 0 Å². The number of azide groups is 1. The van der Waals surface area contributed by atoms with Gasteiger partial charge >= 0.3 is 6.09 Å². The lowest BCUT2D eigenvalue weighted by Crippen LogP contribution is -2.51. The topological polar surface area (TPSA) is 124 Å². The zero-order valence-corrected chi connectivity index (χ0v) is 28.6. The first-order chi connectivity index (χ1) is 23.3. The van der Waals surface area contributed by atoms with E-state index in [1.54, 1.807) is 25.3 Å². The number of nitrogens with zero attached hydrogens (tertiary/aromatic N) is 4. The van der Waals surface area contributed by atoms with Gasteiger partial charge in [0.05, 0.1) is 26.9 Å². The zero-order valence-electron chi connectivity index (χ0n) is 28.6. The molecule has 1 aliphatic rings. The van der Waals surface area contributed by atoms with Crippen LogP contribution in [0.3, 0.4) is 0 Å². The maximum Gasteiger partial charge on any atom is 0.415 e. The Kier molecular flexibility index (Phi) is 14.1. The van der Waals surface area contributed by atoms with Gasteiger partial charge in [0.15, 0.2) is 11.5 Å². The molecule has 1 saturated heterocycles. The summed E-state index contributed by atoms with van der Waals surface area (Å²) in [5.74, 6) is 2.86. The van der Waals surface area contributed by atoms with Crippen molar-refractivity contribution in [1.82, 2.24) is 4.90 Å². The van der Waals surface area contributed by atoms with Crippen LogP contribution in [-0.4, -0.2) is 63.7 Å². The lowest BCUT2D eigenvalue weighted by atomic mass is 9.81. The van der Waals surface area contributed by atoms with Crippen molar-refractivity contribution in [3.63, 3.8) is 0 Å². The number of rotatable bonds is 17. The van der Waals surface area contributed by atoms with Crippen molar-refractivity contribution in [2.45, 2.75) is 65.5 Å². The zero-order chi connectivity index (χ0) is 34.2. The third kappa shape index (κ3) is 11.0. The highest BCUT2D eigenvalue weighted by atomic mass is 16.6. The molecule has 0 N–H and O–H groups in total. The first-order valence-electron chi connectivity index (χ1n) is 16.6. The number of ether oxygens (including phenoxy) is 6. The lowest BCUT2D eigenvalue weighted by Gasteiger charge is -2.42. The minimum atomic E-state index is -0.359. The third-order valence-electron chi connectivity index (χ3n) is 8.11. The summed E-state index contributed by atoms with van der Waals surface area (Å²) in [7, 11) is 1.65. The van der Waals surface area contributed by atoms with Gasteiger partial charge in [-0.2, -0.15) is 0 Å². The number of methoxy groups -OCH3 is 1. The van der Waals surface area contributed by atoms with Gasteiger partial charge in [-0.15, -0.1) is 0 Å². The fourth-order valence-corrected chi connectivity index (χ4v) is 5.71. The van der Waals surface area contributed by atoms with Crippen LogP contribution in [0, 0.1) is 5.41 Å². The van der Waals surface area contributed by atoms with E-state index in [-0.39, 0.29) is 30.8 Å². The van der Waals surface area contributed by atoms with Crippen LogP contribution in [0.25, 0.3) is 10.4 Å². The number of para-hydroxylation sites is 2. The summed E-state index contributed by atoms with van der Waals surface area (Å²) in [6.07, 6.45) is 3.88. The SMILES string of the molecule is COc1ccccc1COCCCOc1ccc(OC(=O)N2CCCCC2C(C)(C)C)cc1OCCOc1ccccc1CCN=[N+]=[N-]. The molecule has 1 heterocycles. The highest BCUT2D eigenvalue weighted by Crippen LogP contribution is 2.35. The van der Waals surface area contributed by atoms with E-state index in [0.29, 0.717) is 68.7 Å².